The fourth-order valence-corrected chi connectivity index (χ4v) is 2.35. The summed E-state index contributed by atoms with van der Waals surface area (Å²) < 4.78 is 7.19. The van der Waals surface area contributed by atoms with Gasteiger partial charge in [0.15, 0.2) is 12.4 Å². The molecule has 0 radical (unpaired) electrons. The molecule has 122 valence electrons. The normalized spacial score (nSPS) is 10.4. The average Bonchev–Trinajstić information content (AvgIpc) is 3.05. The van der Waals surface area contributed by atoms with Crippen molar-refractivity contribution in [3.8, 4) is 5.75 Å². The summed E-state index contributed by atoms with van der Waals surface area (Å²) in [6.07, 6.45) is 1.72. The van der Waals surface area contributed by atoms with Crippen molar-refractivity contribution in [2.24, 2.45) is 0 Å². The van der Waals surface area contributed by atoms with E-state index >= 15 is 0 Å². The Morgan fingerprint density at radius 3 is 2.67 bits per heavy atom. The summed E-state index contributed by atoms with van der Waals surface area (Å²) in [6, 6.07) is 17.1. The maximum atomic E-state index is 12.3. The van der Waals surface area contributed by atoms with E-state index in [0.29, 0.717) is 5.69 Å². The first-order valence-corrected chi connectivity index (χ1v) is 7.72. The van der Waals surface area contributed by atoms with Gasteiger partial charge < -0.3 is 10.1 Å². The van der Waals surface area contributed by atoms with E-state index < -0.39 is 0 Å². The predicted molar refractivity (Wildman–Crippen MR) is 93.2 cm³/mol. The molecule has 0 aliphatic heterocycles. The quantitative estimate of drug-likeness (QED) is 0.778. The lowest BCUT2D eigenvalue weighted by molar-refractivity contribution is 0.102. The molecule has 5 heteroatoms. The Morgan fingerprint density at radius 2 is 1.92 bits per heavy atom. The van der Waals surface area contributed by atoms with Gasteiger partial charge in [-0.25, -0.2) is 4.68 Å². The van der Waals surface area contributed by atoms with Crippen LogP contribution in [0.5, 0.6) is 5.75 Å². The Hall–Kier alpha value is -3.08. The zero-order valence-corrected chi connectivity index (χ0v) is 13.7. The summed E-state index contributed by atoms with van der Waals surface area (Å²) in [6.45, 7) is 4.24. The van der Waals surface area contributed by atoms with E-state index in [1.54, 1.807) is 16.9 Å². The molecule has 3 rings (SSSR count). The van der Waals surface area contributed by atoms with Crippen LogP contribution in [0.25, 0.3) is 0 Å². The summed E-state index contributed by atoms with van der Waals surface area (Å²) in [7, 11) is 0. The Kier molecular flexibility index (Phi) is 4.61. The molecule has 1 N–H and O–H groups in total. The average molecular weight is 321 g/mol. The van der Waals surface area contributed by atoms with Crippen LogP contribution < -0.4 is 10.1 Å². The second-order valence-corrected chi connectivity index (χ2v) is 5.60. The van der Waals surface area contributed by atoms with Crippen LogP contribution in [0.15, 0.2) is 60.8 Å². The monoisotopic (exact) mass is 321 g/mol. The zero-order chi connectivity index (χ0) is 16.9. The largest absolute Gasteiger partial charge is 0.471 e. The minimum atomic E-state index is -0.236. The molecular weight excluding hydrogens is 302 g/mol. The van der Waals surface area contributed by atoms with Crippen molar-refractivity contribution in [1.82, 2.24) is 9.78 Å². The van der Waals surface area contributed by atoms with Gasteiger partial charge in [0.1, 0.15) is 5.75 Å². The molecule has 0 unspecified atom stereocenters. The third-order valence-corrected chi connectivity index (χ3v) is 3.61. The fraction of sp³-hybridized carbons (Fsp3) is 0.158. The van der Waals surface area contributed by atoms with Crippen molar-refractivity contribution >= 4 is 11.6 Å². The van der Waals surface area contributed by atoms with Crippen LogP contribution in [0.2, 0.25) is 0 Å². The van der Waals surface area contributed by atoms with Gasteiger partial charge >= 0.3 is 0 Å². The van der Waals surface area contributed by atoms with Gasteiger partial charge in [0.2, 0.25) is 0 Å². The molecule has 3 aromatic rings. The van der Waals surface area contributed by atoms with Gasteiger partial charge in [-0.3, -0.25) is 4.79 Å². The third kappa shape index (κ3) is 3.81. The maximum absolute atomic E-state index is 12.3. The second-order valence-electron chi connectivity index (χ2n) is 5.60. The number of hydrogen-bond acceptors (Lipinski definition) is 3. The Balaban J connectivity index is 1.63. The fourth-order valence-electron chi connectivity index (χ4n) is 2.35. The summed E-state index contributed by atoms with van der Waals surface area (Å²) in [5.41, 5.74) is 3.33. The van der Waals surface area contributed by atoms with E-state index in [9.17, 15) is 4.79 Å². The lowest BCUT2D eigenvalue weighted by atomic mass is 10.1. The maximum Gasteiger partial charge on any atom is 0.276 e. The van der Waals surface area contributed by atoms with E-state index in [1.807, 2.05) is 62.4 Å². The summed E-state index contributed by atoms with van der Waals surface area (Å²) in [5, 5.41) is 7.13. The molecule has 0 aliphatic rings. The number of para-hydroxylation sites is 1. The molecule has 0 spiro atoms. The van der Waals surface area contributed by atoms with Crippen LogP contribution in [-0.4, -0.2) is 15.7 Å². The van der Waals surface area contributed by atoms with Crippen LogP contribution in [0.4, 0.5) is 5.69 Å². The molecule has 1 heterocycles. The van der Waals surface area contributed by atoms with Crippen molar-refractivity contribution in [2.45, 2.75) is 20.6 Å². The highest BCUT2D eigenvalue weighted by atomic mass is 16.5. The van der Waals surface area contributed by atoms with Gasteiger partial charge in [0, 0.05) is 11.9 Å². The molecule has 24 heavy (non-hydrogen) atoms. The lowest BCUT2D eigenvalue weighted by Crippen LogP contribution is -2.15. The molecule has 0 fully saturated rings. The van der Waals surface area contributed by atoms with Crippen molar-refractivity contribution < 1.29 is 9.53 Å². The Morgan fingerprint density at radius 1 is 1.12 bits per heavy atom. The first-order chi connectivity index (χ1) is 11.6. The number of aromatic nitrogens is 2. The minimum absolute atomic E-state index is 0.236. The van der Waals surface area contributed by atoms with E-state index in [2.05, 4.69) is 10.4 Å². The number of benzene rings is 2. The zero-order valence-electron chi connectivity index (χ0n) is 13.7. The number of ether oxygens (including phenoxy) is 1. The van der Waals surface area contributed by atoms with Crippen LogP contribution in [0.1, 0.15) is 21.6 Å². The van der Waals surface area contributed by atoms with Gasteiger partial charge in [-0.2, -0.15) is 5.10 Å². The van der Waals surface area contributed by atoms with Crippen molar-refractivity contribution in [3.05, 3.63) is 77.6 Å². The molecular formula is C19H19N3O2. The summed E-state index contributed by atoms with van der Waals surface area (Å²) >= 11 is 0. The smallest absolute Gasteiger partial charge is 0.276 e. The highest BCUT2D eigenvalue weighted by Crippen LogP contribution is 2.17. The topological polar surface area (TPSA) is 56.2 Å². The standard InChI is InChI=1S/C19H19N3O2/c1-14-8-9-17(15(2)12-14)20-19(23)18-10-11-22(21-18)13-24-16-6-4-3-5-7-16/h3-12H,13H2,1-2H3,(H,20,23). The van der Waals surface area contributed by atoms with Crippen LogP contribution >= 0.6 is 0 Å². The second kappa shape index (κ2) is 7.00. The number of carbonyl (C=O) groups is 1. The molecule has 1 amide bonds. The lowest BCUT2D eigenvalue weighted by Gasteiger charge is -2.08. The van der Waals surface area contributed by atoms with Gasteiger partial charge in [-0.1, -0.05) is 35.9 Å². The summed E-state index contributed by atoms with van der Waals surface area (Å²) in [5.74, 6) is 0.523. The van der Waals surface area contributed by atoms with Gasteiger partial charge in [-0.05, 0) is 43.7 Å². The Bertz CT molecular complexity index is 841. The minimum Gasteiger partial charge on any atom is -0.471 e. The SMILES string of the molecule is Cc1ccc(NC(=O)c2ccn(COc3ccccc3)n2)c(C)c1. The number of amides is 1. The summed E-state index contributed by atoms with van der Waals surface area (Å²) in [4.78, 5) is 12.3. The molecule has 0 bridgehead atoms. The first kappa shape index (κ1) is 15.8. The molecule has 0 saturated carbocycles. The number of nitrogens with zero attached hydrogens (tertiary/aromatic N) is 2. The number of nitrogens with one attached hydrogen (secondary N) is 1. The molecule has 1 aromatic heterocycles. The van der Waals surface area contributed by atoms with E-state index in [1.165, 1.54) is 0 Å². The molecule has 2 aromatic carbocycles. The van der Waals surface area contributed by atoms with E-state index in [0.717, 1.165) is 22.6 Å². The third-order valence-electron chi connectivity index (χ3n) is 3.61. The van der Waals surface area contributed by atoms with E-state index in [-0.39, 0.29) is 12.6 Å². The van der Waals surface area contributed by atoms with Crippen LogP contribution in [0, 0.1) is 13.8 Å². The molecule has 0 saturated heterocycles. The molecule has 0 aliphatic carbocycles. The number of aryl methyl sites for hydroxylation is 2. The van der Waals surface area contributed by atoms with Gasteiger partial charge in [0.05, 0.1) is 0 Å². The number of hydrogen-bond donors (Lipinski definition) is 1. The molecule has 5 nitrogen and oxygen atoms in total. The predicted octanol–water partition coefficient (Wildman–Crippen LogP) is 3.79. The number of anilines is 1. The highest BCUT2D eigenvalue weighted by Gasteiger charge is 2.11. The van der Waals surface area contributed by atoms with Gasteiger partial charge in [-0.15, -0.1) is 0 Å². The van der Waals surface area contributed by atoms with Gasteiger partial charge in [0.25, 0.3) is 5.91 Å². The van der Waals surface area contributed by atoms with Crippen molar-refractivity contribution in [1.29, 1.82) is 0 Å². The highest BCUT2D eigenvalue weighted by molar-refractivity contribution is 6.03. The first-order valence-electron chi connectivity index (χ1n) is 7.72. The van der Waals surface area contributed by atoms with Crippen molar-refractivity contribution in [2.75, 3.05) is 5.32 Å². The Labute approximate surface area is 140 Å². The van der Waals surface area contributed by atoms with Crippen molar-refractivity contribution in [3.63, 3.8) is 0 Å². The van der Waals surface area contributed by atoms with Crippen LogP contribution in [-0.2, 0) is 6.73 Å². The van der Waals surface area contributed by atoms with E-state index in [4.69, 9.17) is 4.74 Å². The molecule has 0 atom stereocenters. The number of rotatable bonds is 5. The number of carbonyl (C=O) groups excluding carboxylic acids is 1. The van der Waals surface area contributed by atoms with Crippen LogP contribution in [0.3, 0.4) is 0 Å².